The van der Waals surface area contributed by atoms with E-state index in [1.807, 2.05) is 13.0 Å². The maximum Gasteiger partial charge on any atom is 0.326 e. The zero-order valence-corrected chi connectivity index (χ0v) is 16.5. The molecule has 28 heavy (non-hydrogen) atoms. The van der Waals surface area contributed by atoms with Crippen LogP contribution in [0.25, 0.3) is 0 Å². The number of amides is 2. The van der Waals surface area contributed by atoms with Crippen LogP contribution in [0.4, 0.5) is 5.69 Å². The Balaban J connectivity index is 1.87. The highest BCUT2D eigenvalue weighted by atomic mass is 35.5. The van der Waals surface area contributed by atoms with E-state index in [4.69, 9.17) is 21.1 Å². The summed E-state index contributed by atoms with van der Waals surface area (Å²) >= 11 is 5.92. The average molecular weight is 405 g/mol. The number of hydrogen-bond acceptors (Lipinski definition) is 5. The normalized spacial score (nSPS) is 11.3. The molecule has 0 aliphatic rings. The van der Waals surface area contributed by atoms with Crippen molar-refractivity contribution in [1.82, 2.24) is 5.32 Å². The SMILES string of the molecule is COc1ccc(Cl)cc1NC(=O)[C@H](C)OC(=O)CNC(=O)c1cccc(C)c1. The second kappa shape index (κ2) is 9.75. The van der Waals surface area contributed by atoms with Crippen LogP contribution in [0.2, 0.25) is 5.02 Å². The third kappa shape index (κ3) is 5.99. The molecule has 7 nitrogen and oxygen atoms in total. The lowest BCUT2D eigenvalue weighted by Gasteiger charge is -2.15. The molecule has 1 atom stereocenters. The molecule has 0 spiro atoms. The molecule has 0 saturated carbocycles. The molecule has 2 aromatic carbocycles. The minimum absolute atomic E-state index is 0.356. The zero-order valence-electron chi connectivity index (χ0n) is 15.7. The lowest BCUT2D eigenvalue weighted by atomic mass is 10.1. The number of nitrogens with one attached hydrogen (secondary N) is 2. The van der Waals surface area contributed by atoms with Gasteiger partial charge in [-0.25, -0.2) is 0 Å². The van der Waals surface area contributed by atoms with Crippen LogP contribution in [0.1, 0.15) is 22.8 Å². The number of carbonyl (C=O) groups excluding carboxylic acids is 3. The van der Waals surface area contributed by atoms with Crippen LogP contribution in [-0.2, 0) is 14.3 Å². The lowest BCUT2D eigenvalue weighted by molar-refractivity contribution is -0.152. The van der Waals surface area contributed by atoms with Gasteiger partial charge >= 0.3 is 5.97 Å². The maximum absolute atomic E-state index is 12.3. The molecule has 0 aromatic heterocycles. The molecule has 8 heteroatoms. The van der Waals surface area contributed by atoms with E-state index >= 15 is 0 Å². The van der Waals surface area contributed by atoms with Crippen LogP contribution >= 0.6 is 11.6 Å². The molecule has 0 bridgehead atoms. The van der Waals surface area contributed by atoms with Crippen molar-refractivity contribution in [2.75, 3.05) is 19.0 Å². The molecular formula is C20H21ClN2O5. The third-order valence-electron chi connectivity index (χ3n) is 3.77. The van der Waals surface area contributed by atoms with Crippen LogP contribution in [0.3, 0.4) is 0 Å². The van der Waals surface area contributed by atoms with Gasteiger partial charge in [0, 0.05) is 10.6 Å². The summed E-state index contributed by atoms with van der Waals surface area (Å²) in [5, 5.41) is 5.47. The fraction of sp³-hybridized carbons (Fsp3) is 0.250. The molecule has 148 valence electrons. The third-order valence-corrected chi connectivity index (χ3v) is 4.01. The van der Waals surface area contributed by atoms with Crippen molar-refractivity contribution < 1.29 is 23.9 Å². The van der Waals surface area contributed by atoms with Crippen LogP contribution in [0, 0.1) is 6.92 Å². The van der Waals surface area contributed by atoms with Gasteiger partial charge in [-0.15, -0.1) is 0 Å². The topological polar surface area (TPSA) is 93.7 Å². The summed E-state index contributed by atoms with van der Waals surface area (Å²) < 4.78 is 10.2. The summed E-state index contributed by atoms with van der Waals surface area (Å²) in [6, 6.07) is 11.7. The van der Waals surface area contributed by atoms with E-state index in [-0.39, 0.29) is 6.54 Å². The van der Waals surface area contributed by atoms with Crippen molar-refractivity contribution >= 4 is 35.1 Å². The van der Waals surface area contributed by atoms with E-state index < -0.39 is 23.9 Å². The Morgan fingerprint density at radius 3 is 2.57 bits per heavy atom. The molecule has 2 N–H and O–H groups in total. The Morgan fingerprint density at radius 2 is 1.89 bits per heavy atom. The molecule has 0 heterocycles. The smallest absolute Gasteiger partial charge is 0.326 e. The Morgan fingerprint density at radius 1 is 1.14 bits per heavy atom. The van der Waals surface area contributed by atoms with E-state index in [1.54, 1.807) is 30.3 Å². The summed E-state index contributed by atoms with van der Waals surface area (Å²) in [6.07, 6.45) is -1.08. The maximum atomic E-state index is 12.3. The molecule has 0 unspecified atom stereocenters. The average Bonchev–Trinajstić information content (AvgIpc) is 2.66. The van der Waals surface area contributed by atoms with Crippen LogP contribution < -0.4 is 15.4 Å². The van der Waals surface area contributed by atoms with Gasteiger partial charge in [0.15, 0.2) is 6.10 Å². The number of methoxy groups -OCH3 is 1. The molecule has 2 aromatic rings. The van der Waals surface area contributed by atoms with Crippen LogP contribution in [-0.4, -0.2) is 37.5 Å². The van der Waals surface area contributed by atoms with Crippen molar-refractivity contribution in [3.63, 3.8) is 0 Å². The Kier molecular flexibility index (Phi) is 7.40. The number of anilines is 1. The number of halogens is 1. The van der Waals surface area contributed by atoms with E-state index in [9.17, 15) is 14.4 Å². The van der Waals surface area contributed by atoms with E-state index in [0.29, 0.717) is 22.0 Å². The number of aryl methyl sites for hydroxylation is 1. The van der Waals surface area contributed by atoms with Crippen molar-refractivity contribution in [2.45, 2.75) is 20.0 Å². The quantitative estimate of drug-likeness (QED) is 0.692. The molecule has 0 radical (unpaired) electrons. The van der Waals surface area contributed by atoms with Gasteiger partial charge in [0.2, 0.25) is 0 Å². The van der Waals surface area contributed by atoms with Crippen LogP contribution in [0.15, 0.2) is 42.5 Å². The minimum Gasteiger partial charge on any atom is -0.495 e. The Hall–Kier alpha value is -3.06. The second-order valence-electron chi connectivity index (χ2n) is 6.02. The van der Waals surface area contributed by atoms with E-state index in [2.05, 4.69) is 10.6 Å². The molecule has 0 aliphatic heterocycles. The van der Waals surface area contributed by atoms with Gasteiger partial charge in [-0.05, 0) is 44.2 Å². The van der Waals surface area contributed by atoms with Gasteiger partial charge in [-0.2, -0.15) is 0 Å². The zero-order chi connectivity index (χ0) is 20.7. The Bertz CT molecular complexity index is 885. The monoisotopic (exact) mass is 404 g/mol. The predicted molar refractivity (Wildman–Crippen MR) is 106 cm³/mol. The number of benzene rings is 2. The van der Waals surface area contributed by atoms with Crippen molar-refractivity contribution in [1.29, 1.82) is 0 Å². The molecule has 0 saturated heterocycles. The van der Waals surface area contributed by atoms with Gasteiger partial charge in [0.1, 0.15) is 12.3 Å². The van der Waals surface area contributed by atoms with Crippen molar-refractivity contribution in [3.8, 4) is 5.75 Å². The molecule has 0 fully saturated rings. The highest BCUT2D eigenvalue weighted by Crippen LogP contribution is 2.27. The number of ether oxygens (including phenoxy) is 2. The fourth-order valence-electron chi connectivity index (χ4n) is 2.35. The first kappa shape index (κ1) is 21.2. The standard InChI is InChI=1S/C20H21ClN2O5/c1-12-5-4-6-14(9-12)20(26)22-11-18(24)28-13(2)19(25)23-16-10-15(21)7-8-17(16)27-3/h4-10,13H,11H2,1-3H3,(H,22,26)(H,23,25)/t13-/m0/s1. The van der Waals surface area contributed by atoms with Crippen molar-refractivity contribution in [2.24, 2.45) is 0 Å². The van der Waals surface area contributed by atoms with Gasteiger partial charge in [-0.3, -0.25) is 14.4 Å². The summed E-state index contributed by atoms with van der Waals surface area (Å²) in [5.74, 6) is -1.27. The fourth-order valence-corrected chi connectivity index (χ4v) is 2.52. The van der Waals surface area contributed by atoms with E-state index in [1.165, 1.54) is 20.1 Å². The summed E-state index contributed by atoms with van der Waals surface area (Å²) in [7, 11) is 1.46. The number of hydrogen-bond donors (Lipinski definition) is 2. The van der Waals surface area contributed by atoms with Crippen molar-refractivity contribution in [3.05, 3.63) is 58.6 Å². The van der Waals surface area contributed by atoms with Gasteiger partial charge in [0.25, 0.3) is 11.8 Å². The molecule has 0 aliphatic carbocycles. The van der Waals surface area contributed by atoms with Gasteiger partial charge in [-0.1, -0.05) is 29.3 Å². The van der Waals surface area contributed by atoms with E-state index in [0.717, 1.165) is 5.56 Å². The lowest BCUT2D eigenvalue weighted by Crippen LogP contribution is -2.35. The highest BCUT2D eigenvalue weighted by Gasteiger charge is 2.20. The minimum atomic E-state index is -1.08. The first-order valence-corrected chi connectivity index (χ1v) is 8.86. The Labute approximate surface area is 168 Å². The summed E-state index contributed by atoms with van der Waals surface area (Å²) in [4.78, 5) is 36.2. The first-order valence-electron chi connectivity index (χ1n) is 8.49. The largest absolute Gasteiger partial charge is 0.495 e. The second-order valence-corrected chi connectivity index (χ2v) is 6.45. The van der Waals surface area contributed by atoms with Crippen LogP contribution in [0.5, 0.6) is 5.75 Å². The number of esters is 1. The first-order chi connectivity index (χ1) is 13.3. The molecule has 2 rings (SSSR count). The molecular weight excluding hydrogens is 384 g/mol. The summed E-state index contributed by atoms with van der Waals surface area (Å²) in [6.45, 7) is 2.93. The van der Waals surface area contributed by atoms with Gasteiger partial charge in [0.05, 0.1) is 12.8 Å². The van der Waals surface area contributed by atoms with Gasteiger partial charge < -0.3 is 20.1 Å². The highest BCUT2D eigenvalue weighted by molar-refractivity contribution is 6.31. The molecule has 2 amide bonds. The summed E-state index contributed by atoms with van der Waals surface area (Å²) in [5.41, 5.74) is 1.72. The number of carbonyl (C=O) groups is 3. The number of rotatable bonds is 7. The predicted octanol–water partition coefficient (Wildman–Crippen LogP) is 2.96.